The molecule has 1 N–H and O–H groups in total. The second-order valence-electron chi connectivity index (χ2n) is 4.59. The van der Waals surface area contributed by atoms with Crippen molar-refractivity contribution in [1.29, 1.82) is 0 Å². The molecule has 98 valence electrons. The maximum Gasteiger partial charge on any atom is 0.122 e. The van der Waals surface area contributed by atoms with Crippen molar-refractivity contribution in [1.82, 2.24) is 9.78 Å². The van der Waals surface area contributed by atoms with E-state index in [0.29, 0.717) is 6.61 Å². The molecular weight excluding hydrogens is 216 g/mol. The summed E-state index contributed by atoms with van der Waals surface area (Å²) in [6, 6.07) is 1.87. The Morgan fingerprint density at radius 2 is 2.12 bits per heavy atom. The minimum absolute atomic E-state index is 0.174. The van der Waals surface area contributed by atoms with E-state index >= 15 is 0 Å². The first kappa shape index (κ1) is 14.2. The van der Waals surface area contributed by atoms with Gasteiger partial charge in [0.25, 0.3) is 0 Å². The molecule has 1 rings (SSSR count). The molecule has 4 heteroatoms. The first-order valence-corrected chi connectivity index (χ1v) is 6.43. The number of aliphatic hydroxyl groups is 1. The van der Waals surface area contributed by atoms with E-state index in [1.54, 1.807) is 6.20 Å². The van der Waals surface area contributed by atoms with Crippen molar-refractivity contribution in [2.24, 2.45) is 5.92 Å². The predicted octanol–water partition coefficient (Wildman–Crippen LogP) is 2.39. The van der Waals surface area contributed by atoms with Crippen LogP contribution in [0.5, 0.6) is 0 Å². The molecule has 0 fully saturated rings. The molecule has 0 aromatic carbocycles. The van der Waals surface area contributed by atoms with Gasteiger partial charge in [-0.1, -0.05) is 20.8 Å². The second kappa shape index (κ2) is 6.77. The van der Waals surface area contributed by atoms with Crippen LogP contribution in [0.2, 0.25) is 0 Å². The molecular formula is C13H24N2O2. The van der Waals surface area contributed by atoms with E-state index in [9.17, 15) is 5.11 Å². The van der Waals surface area contributed by atoms with Crippen molar-refractivity contribution in [3.8, 4) is 0 Å². The van der Waals surface area contributed by atoms with E-state index in [4.69, 9.17) is 4.74 Å². The van der Waals surface area contributed by atoms with Crippen LogP contribution >= 0.6 is 0 Å². The molecule has 0 spiro atoms. The summed E-state index contributed by atoms with van der Waals surface area (Å²) in [5.41, 5.74) is 0.846. The minimum atomic E-state index is -0.607. The van der Waals surface area contributed by atoms with E-state index in [1.807, 2.05) is 17.7 Å². The lowest BCUT2D eigenvalue weighted by atomic mass is 9.99. The predicted molar refractivity (Wildman–Crippen MR) is 67.7 cm³/mol. The van der Waals surface area contributed by atoms with Gasteiger partial charge in [-0.3, -0.25) is 4.68 Å². The lowest BCUT2D eigenvalue weighted by Crippen LogP contribution is -2.29. The fourth-order valence-corrected chi connectivity index (χ4v) is 2.00. The molecule has 2 atom stereocenters. The van der Waals surface area contributed by atoms with Crippen LogP contribution in [-0.4, -0.2) is 27.6 Å². The number of ether oxygens (including phenoxy) is 1. The lowest BCUT2D eigenvalue weighted by molar-refractivity contribution is -0.0617. The molecule has 17 heavy (non-hydrogen) atoms. The molecule has 1 aromatic rings. The second-order valence-corrected chi connectivity index (χ2v) is 4.59. The topological polar surface area (TPSA) is 47.3 Å². The quantitative estimate of drug-likeness (QED) is 0.796. The fraction of sp³-hybridized carbons (Fsp3) is 0.769. The Balaban J connectivity index is 2.84. The van der Waals surface area contributed by atoms with E-state index in [1.165, 1.54) is 0 Å². The SMILES string of the molecule is CCCn1nccc1C(O)C(OCC)C(C)C. The largest absolute Gasteiger partial charge is 0.384 e. The number of nitrogens with zero attached hydrogens (tertiary/aromatic N) is 2. The van der Waals surface area contributed by atoms with Gasteiger partial charge in [0.1, 0.15) is 6.10 Å². The van der Waals surface area contributed by atoms with Gasteiger partial charge in [0.2, 0.25) is 0 Å². The summed E-state index contributed by atoms with van der Waals surface area (Å²) in [6.45, 7) is 9.61. The van der Waals surface area contributed by atoms with Gasteiger partial charge in [-0.2, -0.15) is 5.10 Å². The Morgan fingerprint density at radius 3 is 2.65 bits per heavy atom. The van der Waals surface area contributed by atoms with E-state index in [0.717, 1.165) is 18.7 Å². The van der Waals surface area contributed by atoms with Crippen LogP contribution in [0, 0.1) is 5.92 Å². The highest BCUT2D eigenvalue weighted by Gasteiger charge is 2.26. The van der Waals surface area contributed by atoms with Gasteiger partial charge in [0, 0.05) is 19.3 Å². The van der Waals surface area contributed by atoms with Gasteiger partial charge < -0.3 is 9.84 Å². The first-order valence-electron chi connectivity index (χ1n) is 6.43. The van der Waals surface area contributed by atoms with Gasteiger partial charge in [-0.05, 0) is 25.3 Å². The van der Waals surface area contributed by atoms with E-state index in [2.05, 4.69) is 25.9 Å². The molecule has 0 aliphatic carbocycles. The molecule has 4 nitrogen and oxygen atoms in total. The van der Waals surface area contributed by atoms with Crippen LogP contribution in [0.1, 0.15) is 45.9 Å². The van der Waals surface area contributed by atoms with Crippen LogP contribution in [0.3, 0.4) is 0 Å². The Hall–Kier alpha value is -0.870. The maximum absolute atomic E-state index is 10.4. The smallest absolute Gasteiger partial charge is 0.122 e. The van der Waals surface area contributed by atoms with Crippen LogP contribution in [0.15, 0.2) is 12.3 Å². The summed E-state index contributed by atoms with van der Waals surface area (Å²) in [5, 5.41) is 14.6. The third kappa shape index (κ3) is 3.54. The molecule has 1 aromatic heterocycles. The van der Waals surface area contributed by atoms with Crippen molar-refractivity contribution in [2.45, 2.75) is 52.9 Å². The number of hydrogen-bond acceptors (Lipinski definition) is 3. The Labute approximate surface area is 104 Å². The third-order valence-corrected chi connectivity index (χ3v) is 2.82. The zero-order valence-electron chi connectivity index (χ0n) is 11.3. The standard InChI is InChI=1S/C13H24N2O2/c1-5-9-15-11(7-8-14-15)12(16)13(10(3)4)17-6-2/h7-8,10,12-13,16H,5-6,9H2,1-4H3. The number of aliphatic hydroxyl groups excluding tert-OH is 1. The molecule has 0 bridgehead atoms. The highest BCUT2D eigenvalue weighted by molar-refractivity contribution is 5.07. The lowest BCUT2D eigenvalue weighted by Gasteiger charge is -2.26. The average Bonchev–Trinajstić information content (AvgIpc) is 2.73. The Morgan fingerprint density at radius 1 is 1.41 bits per heavy atom. The van der Waals surface area contributed by atoms with Crippen LogP contribution in [-0.2, 0) is 11.3 Å². The Kier molecular flexibility index (Phi) is 5.65. The van der Waals surface area contributed by atoms with Crippen LogP contribution < -0.4 is 0 Å². The average molecular weight is 240 g/mol. The van der Waals surface area contributed by atoms with Gasteiger partial charge in [0.05, 0.1) is 11.8 Å². The number of aromatic nitrogens is 2. The summed E-state index contributed by atoms with van der Waals surface area (Å²) in [5.74, 6) is 0.273. The monoisotopic (exact) mass is 240 g/mol. The van der Waals surface area contributed by atoms with Gasteiger partial charge >= 0.3 is 0 Å². The van der Waals surface area contributed by atoms with Crippen molar-refractivity contribution in [2.75, 3.05) is 6.61 Å². The van der Waals surface area contributed by atoms with Crippen LogP contribution in [0.25, 0.3) is 0 Å². The number of hydrogen-bond donors (Lipinski definition) is 1. The third-order valence-electron chi connectivity index (χ3n) is 2.82. The van der Waals surface area contributed by atoms with Crippen LogP contribution in [0.4, 0.5) is 0 Å². The van der Waals surface area contributed by atoms with Gasteiger partial charge in [-0.25, -0.2) is 0 Å². The zero-order valence-corrected chi connectivity index (χ0v) is 11.3. The van der Waals surface area contributed by atoms with E-state index < -0.39 is 6.10 Å². The normalized spacial score (nSPS) is 15.2. The number of rotatable bonds is 7. The van der Waals surface area contributed by atoms with Gasteiger partial charge in [0.15, 0.2) is 0 Å². The summed E-state index contributed by atoms with van der Waals surface area (Å²) in [6.07, 6.45) is 1.95. The van der Waals surface area contributed by atoms with Crippen molar-refractivity contribution in [3.63, 3.8) is 0 Å². The molecule has 0 saturated heterocycles. The highest BCUT2D eigenvalue weighted by Crippen LogP contribution is 2.24. The Bertz CT molecular complexity index is 323. The molecule has 0 aliphatic rings. The zero-order chi connectivity index (χ0) is 12.8. The highest BCUT2D eigenvalue weighted by atomic mass is 16.5. The van der Waals surface area contributed by atoms with E-state index in [-0.39, 0.29) is 12.0 Å². The molecule has 2 unspecified atom stereocenters. The maximum atomic E-state index is 10.4. The summed E-state index contributed by atoms with van der Waals surface area (Å²) >= 11 is 0. The number of aryl methyl sites for hydroxylation is 1. The summed E-state index contributed by atoms with van der Waals surface area (Å²) < 4.78 is 7.49. The summed E-state index contributed by atoms with van der Waals surface area (Å²) in [7, 11) is 0. The first-order chi connectivity index (χ1) is 8.11. The summed E-state index contributed by atoms with van der Waals surface area (Å²) in [4.78, 5) is 0. The molecule has 0 saturated carbocycles. The molecule has 0 radical (unpaired) electrons. The van der Waals surface area contributed by atoms with Crippen molar-refractivity contribution >= 4 is 0 Å². The minimum Gasteiger partial charge on any atom is -0.384 e. The molecule has 0 amide bonds. The molecule has 0 aliphatic heterocycles. The van der Waals surface area contributed by atoms with Gasteiger partial charge in [-0.15, -0.1) is 0 Å². The van der Waals surface area contributed by atoms with Crippen molar-refractivity contribution in [3.05, 3.63) is 18.0 Å². The fourth-order valence-electron chi connectivity index (χ4n) is 2.00. The molecule has 1 heterocycles. The van der Waals surface area contributed by atoms with Crippen molar-refractivity contribution < 1.29 is 9.84 Å².